The lowest BCUT2D eigenvalue weighted by molar-refractivity contribution is 0.213. The van der Waals surface area contributed by atoms with E-state index in [-0.39, 0.29) is 0 Å². The van der Waals surface area contributed by atoms with E-state index in [2.05, 4.69) is 74.5 Å². The lowest BCUT2D eigenvalue weighted by Crippen LogP contribution is -2.35. The Kier molecular flexibility index (Phi) is 4.01. The lowest BCUT2D eigenvalue weighted by Gasteiger charge is -2.31. The van der Waals surface area contributed by atoms with E-state index < -0.39 is 0 Å². The quantitative estimate of drug-likeness (QED) is 0.698. The van der Waals surface area contributed by atoms with Crippen molar-refractivity contribution in [3.63, 3.8) is 0 Å². The molecule has 2 rings (SSSR count). The Balaban J connectivity index is 1.97. The summed E-state index contributed by atoms with van der Waals surface area (Å²) in [6.07, 6.45) is 19.2. The van der Waals surface area contributed by atoms with E-state index in [1.165, 1.54) is 6.42 Å². The predicted octanol–water partition coefficient (Wildman–Crippen LogP) is 3.43. The maximum atomic E-state index is 2.36. The molecule has 0 fully saturated rings. The van der Waals surface area contributed by atoms with Crippen LogP contribution in [-0.4, -0.2) is 25.0 Å². The van der Waals surface area contributed by atoms with Crippen molar-refractivity contribution in [1.29, 1.82) is 0 Å². The topological polar surface area (TPSA) is 3.24 Å². The average molecular weight is 229 g/mol. The summed E-state index contributed by atoms with van der Waals surface area (Å²) in [5.41, 5.74) is 0. The number of hydrogen-bond acceptors (Lipinski definition) is 1. The van der Waals surface area contributed by atoms with Gasteiger partial charge < -0.3 is 4.90 Å². The Morgan fingerprint density at radius 3 is 1.82 bits per heavy atom. The zero-order chi connectivity index (χ0) is 12.3. The Morgan fingerprint density at radius 2 is 1.35 bits per heavy atom. The molecule has 0 amide bonds. The SMILES string of the molecule is C[C@@H](C[C@@H](C1C=CC=C1)N(C)C)C1C=CC=C1. The number of allylic oxidation sites excluding steroid dienone is 6. The summed E-state index contributed by atoms with van der Waals surface area (Å²) in [5.74, 6) is 1.92. The smallest absolute Gasteiger partial charge is 0.0190 e. The molecule has 0 saturated heterocycles. The molecule has 1 nitrogen and oxygen atoms in total. The van der Waals surface area contributed by atoms with E-state index in [1.807, 2.05) is 0 Å². The molecule has 0 unspecified atom stereocenters. The molecule has 0 spiro atoms. The first kappa shape index (κ1) is 12.4. The lowest BCUT2D eigenvalue weighted by atomic mass is 9.84. The molecule has 2 atom stereocenters. The largest absolute Gasteiger partial charge is 0.306 e. The fraction of sp³-hybridized carbons (Fsp3) is 0.500. The molecule has 0 bridgehead atoms. The summed E-state index contributed by atoms with van der Waals surface area (Å²) < 4.78 is 0. The molecule has 0 saturated carbocycles. The second kappa shape index (κ2) is 5.50. The molecule has 0 heterocycles. The molecular weight excluding hydrogens is 206 g/mol. The van der Waals surface area contributed by atoms with Crippen molar-refractivity contribution in [3.05, 3.63) is 48.6 Å². The standard InChI is InChI=1S/C16H23N/c1-13(14-8-4-5-9-14)12-16(17(2)3)15-10-6-7-11-15/h4-11,13-16H,12H2,1-3H3/t13-,16-/m0/s1. The van der Waals surface area contributed by atoms with Crippen molar-refractivity contribution >= 4 is 0 Å². The van der Waals surface area contributed by atoms with E-state index in [0.29, 0.717) is 23.8 Å². The van der Waals surface area contributed by atoms with Gasteiger partial charge in [0.25, 0.3) is 0 Å². The van der Waals surface area contributed by atoms with Gasteiger partial charge in [-0.25, -0.2) is 0 Å². The molecule has 17 heavy (non-hydrogen) atoms. The molecule has 2 aliphatic carbocycles. The van der Waals surface area contributed by atoms with Gasteiger partial charge in [-0.2, -0.15) is 0 Å². The first-order valence-corrected chi connectivity index (χ1v) is 6.55. The molecule has 0 aromatic heterocycles. The van der Waals surface area contributed by atoms with Crippen molar-refractivity contribution in [3.8, 4) is 0 Å². The third kappa shape index (κ3) is 2.98. The first-order valence-electron chi connectivity index (χ1n) is 6.55. The molecule has 0 aromatic rings. The fourth-order valence-electron chi connectivity index (χ4n) is 2.78. The molecule has 1 heteroatoms. The highest BCUT2D eigenvalue weighted by Crippen LogP contribution is 2.29. The van der Waals surface area contributed by atoms with Gasteiger partial charge >= 0.3 is 0 Å². The Morgan fingerprint density at radius 1 is 0.882 bits per heavy atom. The highest BCUT2D eigenvalue weighted by atomic mass is 15.1. The van der Waals surface area contributed by atoms with Crippen LogP contribution in [0.2, 0.25) is 0 Å². The second-order valence-corrected chi connectivity index (χ2v) is 5.44. The molecule has 0 N–H and O–H groups in total. The summed E-state index contributed by atoms with van der Waals surface area (Å²) in [7, 11) is 4.38. The van der Waals surface area contributed by atoms with Gasteiger partial charge in [-0.15, -0.1) is 0 Å². The van der Waals surface area contributed by atoms with Crippen molar-refractivity contribution in [2.75, 3.05) is 14.1 Å². The van der Waals surface area contributed by atoms with Gasteiger partial charge in [0.2, 0.25) is 0 Å². The van der Waals surface area contributed by atoms with Gasteiger partial charge in [-0.3, -0.25) is 0 Å². The minimum absolute atomic E-state index is 0.585. The maximum Gasteiger partial charge on any atom is 0.0190 e. The third-order valence-corrected chi connectivity index (χ3v) is 3.93. The van der Waals surface area contributed by atoms with Gasteiger partial charge in [-0.05, 0) is 32.4 Å². The Labute approximate surface area is 105 Å². The summed E-state index contributed by atoms with van der Waals surface area (Å²) in [4.78, 5) is 2.36. The van der Waals surface area contributed by atoms with Gasteiger partial charge in [0.15, 0.2) is 0 Å². The van der Waals surface area contributed by atoms with Crippen molar-refractivity contribution in [2.45, 2.75) is 19.4 Å². The summed E-state index contributed by atoms with van der Waals surface area (Å²) in [6, 6.07) is 0.613. The predicted molar refractivity (Wildman–Crippen MR) is 74.8 cm³/mol. The van der Waals surface area contributed by atoms with Crippen LogP contribution in [0.25, 0.3) is 0 Å². The molecule has 0 aromatic carbocycles. The van der Waals surface area contributed by atoms with Crippen LogP contribution in [0.3, 0.4) is 0 Å². The summed E-state index contributed by atoms with van der Waals surface area (Å²) >= 11 is 0. The zero-order valence-corrected chi connectivity index (χ0v) is 11.1. The zero-order valence-electron chi connectivity index (χ0n) is 11.1. The number of nitrogens with zero attached hydrogens (tertiary/aromatic N) is 1. The second-order valence-electron chi connectivity index (χ2n) is 5.44. The summed E-state index contributed by atoms with van der Waals surface area (Å²) in [6.45, 7) is 2.36. The van der Waals surface area contributed by atoms with Gasteiger partial charge in [0.05, 0.1) is 0 Å². The van der Waals surface area contributed by atoms with E-state index in [0.717, 1.165) is 0 Å². The van der Waals surface area contributed by atoms with Gasteiger partial charge in [0, 0.05) is 12.0 Å². The van der Waals surface area contributed by atoms with Gasteiger partial charge in [0.1, 0.15) is 0 Å². The maximum absolute atomic E-state index is 2.36. The van der Waals surface area contributed by atoms with Crippen LogP contribution in [0.4, 0.5) is 0 Å². The highest BCUT2D eigenvalue weighted by Gasteiger charge is 2.25. The molecule has 2 aliphatic rings. The van der Waals surface area contributed by atoms with E-state index in [1.54, 1.807) is 0 Å². The van der Waals surface area contributed by atoms with Crippen LogP contribution in [0, 0.1) is 17.8 Å². The van der Waals surface area contributed by atoms with Crippen LogP contribution in [0.5, 0.6) is 0 Å². The number of hydrogen-bond donors (Lipinski definition) is 0. The van der Waals surface area contributed by atoms with Crippen LogP contribution < -0.4 is 0 Å². The fourth-order valence-corrected chi connectivity index (χ4v) is 2.78. The minimum atomic E-state index is 0.585. The van der Waals surface area contributed by atoms with E-state index in [4.69, 9.17) is 0 Å². The van der Waals surface area contributed by atoms with Crippen LogP contribution in [0.15, 0.2) is 48.6 Å². The minimum Gasteiger partial charge on any atom is -0.306 e. The number of rotatable bonds is 5. The van der Waals surface area contributed by atoms with Gasteiger partial charge in [-0.1, -0.05) is 55.5 Å². The Bertz CT molecular complexity index is 336. The summed E-state index contributed by atoms with van der Waals surface area (Å²) in [5, 5.41) is 0. The van der Waals surface area contributed by atoms with Crippen LogP contribution >= 0.6 is 0 Å². The molecule has 0 radical (unpaired) electrons. The monoisotopic (exact) mass is 229 g/mol. The highest BCUT2D eigenvalue weighted by molar-refractivity contribution is 5.21. The average Bonchev–Trinajstić information content (AvgIpc) is 2.97. The third-order valence-electron chi connectivity index (χ3n) is 3.93. The first-order chi connectivity index (χ1) is 8.18. The molecule has 0 aliphatic heterocycles. The van der Waals surface area contributed by atoms with Crippen LogP contribution in [0.1, 0.15) is 13.3 Å². The van der Waals surface area contributed by atoms with Crippen LogP contribution in [-0.2, 0) is 0 Å². The van der Waals surface area contributed by atoms with E-state index in [9.17, 15) is 0 Å². The van der Waals surface area contributed by atoms with Crippen molar-refractivity contribution in [1.82, 2.24) is 4.90 Å². The normalized spacial score (nSPS) is 23.1. The van der Waals surface area contributed by atoms with Crippen molar-refractivity contribution in [2.24, 2.45) is 17.8 Å². The Hall–Kier alpha value is -1.08. The molecule has 92 valence electrons. The van der Waals surface area contributed by atoms with E-state index >= 15 is 0 Å². The molecular formula is C16H23N. The van der Waals surface area contributed by atoms with Crippen molar-refractivity contribution < 1.29 is 0 Å².